The molecule has 0 unspecified atom stereocenters. The summed E-state index contributed by atoms with van der Waals surface area (Å²) >= 11 is 0. The molecule has 0 amide bonds. The zero-order chi connectivity index (χ0) is 24.1. The smallest absolute Gasteiger partial charge is 0.390 e. The Labute approximate surface area is 199 Å². The van der Waals surface area contributed by atoms with E-state index in [1.165, 1.54) is 0 Å². The SMILES string of the molecule is COc1ccccc1C#Cc1ccc([C@@H]2[C@H](CO)N3CCCCN(CCC(F)(F)F)C[C@@H]23)cc1. The average molecular weight is 473 g/mol. The quantitative estimate of drug-likeness (QED) is 0.660. The number of hydrogen-bond donors (Lipinski definition) is 1. The van der Waals surface area contributed by atoms with E-state index in [0.717, 1.165) is 41.8 Å². The van der Waals surface area contributed by atoms with Crippen LogP contribution >= 0.6 is 0 Å². The third-order valence-corrected chi connectivity index (χ3v) is 6.91. The van der Waals surface area contributed by atoms with E-state index in [0.29, 0.717) is 13.1 Å². The molecule has 2 aromatic rings. The Kier molecular flexibility index (Phi) is 7.82. The van der Waals surface area contributed by atoms with Crippen LogP contribution in [0, 0.1) is 11.8 Å². The summed E-state index contributed by atoms with van der Waals surface area (Å²) in [6, 6.07) is 15.7. The molecule has 2 aliphatic rings. The van der Waals surface area contributed by atoms with E-state index in [9.17, 15) is 18.3 Å². The number of hydrogen-bond acceptors (Lipinski definition) is 4. The van der Waals surface area contributed by atoms with Crippen molar-refractivity contribution in [1.29, 1.82) is 0 Å². The second kappa shape index (κ2) is 10.8. The van der Waals surface area contributed by atoms with Crippen LogP contribution in [0.5, 0.6) is 5.75 Å². The van der Waals surface area contributed by atoms with Crippen LogP contribution in [-0.2, 0) is 0 Å². The maximum atomic E-state index is 12.8. The van der Waals surface area contributed by atoms with Gasteiger partial charge in [0.2, 0.25) is 0 Å². The minimum atomic E-state index is -4.14. The van der Waals surface area contributed by atoms with Crippen molar-refractivity contribution in [1.82, 2.24) is 9.80 Å². The van der Waals surface area contributed by atoms with Crippen molar-refractivity contribution >= 4 is 0 Å². The predicted molar refractivity (Wildman–Crippen MR) is 126 cm³/mol. The number of aliphatic hydroxyl groups excluding tert-OH is 1. The van der Waals surface area contributed by atoms with Crippen molar-refractivity contribution in [2.24, 2.45) is 0 Å². The molecule has 2 aromatic carbocycles. The van der Waals surface area contributed by atoms with Gasteiger partial charge in [-0.25, -0.2) is 0 Å². The highest BCUT2D eigenvalue weighted by molar-refractivity contribution is 5.50. The van der Waals surface area contributed by atoms with Crippen molar-refractivity contribution in [2.45, 2.75) is 43.4 Å². The van der Waals surface area contributed by atoms with Gasteiger partial charge in [-0.3, -0.25) is 4.90 Å². The second-order valence-corrected chi connectivity index (χ2v) is 9.03. The van der Waals surface area contributed by atoms with Crippen LogP contribution in [0.25, 0.3) is 0 Å². The molecule has 0 aliphatic carbocycles. The van der Waals surface area contributed by atoms with Crippen molar-refractivity contribution in [3.05, 3.63) is 65.2 Å². The van der Waals surface area contributed by atoms with Crippen LogP contribution in [0.4, 0.5) is 13.2 Å². The van der Waals surface area contributed by atoms with Crippen LogP contribution in [0.15, 0.2) is 48.5 Å². The van der Waals surface area contributed by atoms with Gasteiger partial charge in [0.05, 0.1) is 25.7 Å². The molecular weight excluding hydrogens is 441 g/mol. The fraction of sp³-hybridized carbons (Fsp3) is 0.481. The minimum absolute atomic E-state index is 0.00178. The molecule has 2 saturated heterocycles. The van der Waals surface area contributed by atoms with Crippen molar-refractivity contribution in [3.63, 3.8) is 0 Å². The highest BCUT2D eigenvalue weighted by Gasteiger charge is 2.49. The van der Waals surface area contributed by atoms with Crippen molar-refractivity contribution < 1.29 is 23.0 Å². The number of rotatable bonds is 5. The lowest BCUT2D eigenvalue weighted by molar-refractivity contribution is -0.140. The first-order valence-corrected chi connectivity index (χ1v) is 11.8. The molecular formula is C27H31F3N2O2. The summed E-state index contributed by atoms with van der Waals surface area (Å²) in [4.78, 5) is 4.22. The van der Waals surface area contributed by atoms with Gasteiger partial charge in [0, 0.05) is 36.7 Å². The topological polar surface area (TPSA) is 35.9 Å². The van der Waals surface area contributed by atoms with E-state index < -0.39 is 12.6 Å². The number of nitrogens with zero attached hydrogens (tertiary/aromatic N) is 2. The molecule has 182 valence electrons. The van der Waals surface area contributed by atoms with Crippen LogP contribution in [0.2, 0.25) is 0 Å². The largest absolute Gasteiger partial charge is 0.495 e. The predicted octanol–water partition coefficient (Wildman–Crippen LogP) is 4.27. The first-order chi connectivity index (χ1) is 16.4. The maximum Gasteiger partial charge on any atom is 0.390 e. The number of ether oxygens (including phenoxy) is 1. The standard InChI is InChI=1S/C27H31F3N2O2/c1-34-25-7-3-2-6-21(25)11-8-20-9-12-22(13-10-20)26-23-18-31(17-14-27(28,29)30)15-4-5-16-32(23)24(26)19-33/h2-3,6-7,9-10,12-13,23-24,26,33H,4-5,14-19H2,1H3/t23-,24-,26-/m0/s1. The third kappa shape index (κ3) is 5.75. The van der Waals surface area contributed by atoms with E-state index >= 15 is 0 Å². The number of alkyl halides is 3. The Balaban J connectivity index is 1.49. The van der Waals surface area contributed by atoms with E-state index in [4.69, 9.17) is 4.74 Å². The third-order valence-electron chi connectivity index (χ3n) is 6.91. The average Bonchev–Trinajstić information content (AvgIpc) is 2.81. The second-order valence-electron chi connectivity index (χ2n) is 9.03. The van der Waals surface area contributed by atoms with Gasteiger partial charge in [-0.15, -0.1) is 0 Å². The maximum absolute atomic E-state index is 12.8. The van der Waals surface area contributed by atoms with E-state index in [2.05, 4.69) is 16.7 Å². The normalized spacial score (nSPS) is 23.6. The summed E-state index contributed by atoms with van der Waals surface area (Å²) in [5.41, 5.74) is 2.79. The highest BCUT2D eigenvalue weighted by Crippen LogP contribution is 2.42. The molecule has 2 aliphatic heterocycles. The first-order valence-electron chi connectivity index (χ1n) is 11.8. The molecule has 4 rings (SSSR count). The molecule has 0 saturated carbocycles. The van der Waals surface area contributed by atoms with Gasteiger partial charge >= 0.3 is 6.18 Å². The van der Waals surface area contributed by atoms with Crippen LogP contribution < -0.4 is 4.74 Å². The number of fused-ring (bicyclic) bond motifs is 1. The lowest BCUT2D eigenvalue weighted by atomic mass is 9.74. The molecule has 0 aromatic heterocycles. The van der Waals surface area contributed by atoms with Crippen molar-refractivity contribution in [3.8, 4) is 17.6 Å². The Morgan fingerprint density at radius 3 is 2.47 bits per heavy atom. The molecule has 4 nitrogen and oxygen atoms in total. The molecule has 0 spiro atoms. The summed E-state index contributed by atoms with van der Waals surface area (Å²) in [5.74, 6) is 7.14. The van der Waals surface area contributed by atoms with E-state index in [1.54, 1.807) is 7.11 Å². The highest BCUT2D eigenvalue weighted by atomic mass is 19.4. The van der Waals surface area contributed by atoms with Gasteiger partial charge in [-0.05, 0) is 55.8 Å². The van der Waals surface area contributed by atoms with Gasteiger partial charge < -0.3 is 14.7 Å². The van der Waals surface area contributed by atoms with Gasteiger partial charge in [-0.2, -0.15) is 13.2 Å². The number of methoxy groups -OCH3 is 1. The molecule has 3 atom stereocenters. The monoisotopic (exact) mass is 472 g/mol. The van der Waals surface area contributed by atoms with Crippen molar-refractivity contribution in [2.75, 3.05) is 39.9 Å². The van der Waals surface area contributed by atoms with E-state index in [1.807, 2.05) is 53.4 Å². The minimum Gasteiger partial charge on any atom is -0.495 e. The number of para-hydroxylation sites is 1. The fourth-order valence-electron chi connectivity index (χ4n) is 5.18. The summed E-state index contributed by atoms with van der Waals surface area (Å²) < 4.78 is 43.8. The summed E-state index contributed by atoms with van der Waals surface area (Å²) in [6.07, 6.45) is -3.12. The van der Waals surface area contributed by atoms with Gasteiger partial charge in [-0.1, -0.05) is 36.1 Å². The number of aliphatic hydroxyl groups is 1. The molecule has 34 heavy (non-hydrogen) atoms. The van der Waals surface area contributed by atoms with Gasteiger partial charge in [0.15, 0.2) is 0 Å². The zero-order valence-corrected chi connectivity index (χ0v) is 19.4. The molecule has 0 bridgehead atoms. The lowest BCUT2D eigenvalue weighted by Crippen LogP contribution is -2.67. The fourth-order valence-corrected chi connectivity index (χ4v) is 5.18. The summed E-state index contributed by atoms with van der Waals surface area (Å²) in [7, 11) is 1.62. The Bertz CT molecular complexity index is 1010. The number of halogens is 3. The zero-order valence-electron chi connectivity index (χ0n) is 19.4. The number of benzene rings is 2. The van der Waals surface area contributed by atoms with Crippen LogP contribution in [0.3, 0.4) is 0 Å². The van der Waals surface area contributed by atoms with Crippen LogP contribution in [-0.4, -0.2) is 73.1 Å². The van der Waals surface area contributed by atoms with Crippen LogP contribution in [0.1, 0.15) is 41.9 Å². The Morgan fingerprint density at radius 1 is 1.03 bits per heavy atom. The molecule has 2 fully saturated rings. The molecule has 0 radical (unpaired) electrons. The Hall–Kier alpha value is -2.53. The van der Waals surface area contributed by atoms with E-state index in [-0.39, 0.29) is 31.2 Å². The molecule has 7 heteroatoms. The summed E-state index contributed by atoms with van der Waals surface area (Å²) in [5, 5.41) is 10.1. The molecule has 2 heterocycles. The van der Waals surface area contributed by atoms with Gasteiger partial charge in [0.1, 0.15) is 5.75 Å². The summed E-state index contributed by atoms with van der Waals surface area (Å²) in [6.45, 7) is 2.23. The lowest BCUT2D eigenvalue weighted by Gasteiger charge is -2.57. The first kappa shape index (κ1) is 24.6. The van der Waals surface area contributed by atoms with Gasteiger partial charge in [0.25, 0.3) is 0 Å². The Morgan fingerprint density at radius 2 is 1.76 bits per heavy atom. The molecule has 1 N–H and O–H groups in total.